The van der Waals surface area contributed by atoms with Gasteiger partial charge in [-0.05, 0) is 48.8 Å². The number of aromatic nitrogens is 1. The number of allylic oxidation sites excluding steroid dienone is 1. The second-order valence-electron chi connectivity index (χ2n) is 8.02. The molecule has 4 rings (SSSR count). The van der Waals surface area contributed by atoms with Gasteiger partial charge in [0.25, 0.3) is 0 Å². The number of ether oxygens (including phenoxy) is 1. The van der Waals surface area contributed by atoms with Gasteiger partial charge in [-0.15, -0.1) is 0 Å². The fourth-order valence-electron chi connectivity index (χ4n) is 3.83. The highest BCUT2D eigenvalue weighted by atomic mass is 19.1. The Balaban J connectivity index is 1.75. The molecule has 6 heteroatoms. The first kappa shape index (κ1) is 21.8. The minimum Gasteiger partial charge on any atom is -0.469 e. The molecule has 32 heavy (non-hydrogen) atoms. The van der Waals surface area contributed by atoms with Crippen molar-refractivity contribution in [3.05, 3.63) is 71.7 Å². The van der Waals surface area contributed by atoms with Crippen molar-refractivity contribution in [2.45, 2.75) is 37.7 Å². The van der Waals surface area contributed by atoms with E-state index in [0.717, 1.165) is 46.1 Å². The molecule has 1 heterocycles. The lowest BCUT2D eigenvalue weighted by molar-refractivity contribution is -0.143. The number of carbonyl (C=O) groups excluding carboxylic acids is 2. The number of pyridine rings is 1. The number of methoxy groups -OCH3 is 1. The first-order valence-corrected chi connectivity index (χ1v) is 10.6. The topological polar surface area (TPSA) is 76.5 Å². The normalized spacial score (nSPS) is 14.6. The number of benzene rings is 2. The van der Waals surface area contributed by atoms with Gasteiger partial charge in [0.1, 0.15) is 5.82 Å². The van der Waals surface area contributed by atoms with Gasteiger partial charge in [-0.1, -0.05) is 30.3 Å². The van der Waals surface area contributed by atoms with Gasteiger partial charge in [0.15, 0.2) is 5.78 Å². The van der Waals surface area contributed by atoms with E-state index in [1.165, 1.54) is 25.3 Å². The Hall–Kier alpha value is -3.38. The number of para-hydroxylation sites is 1. The maximum absolute atomic E-state index is 13.6. The summed E-state index contributed by atoms with van der Waals surface area (Å²) in [5.74, 6) is -0.871. The molecule has 3 aromatic rings. The number of halogens is 1. The molecule has 0 aliphatic heterocycles. The van der Waals surface area contributed by atoms with E-state index in [0.29, 0.717) is 5.92 Å². The molecule has 1 atom stereocenters. The Morgan fingerprint density at radius 1 is 1.16 bits per heavy atom. The average Bonchev–Trinajstić information content (AvgIpc) is 3.62. The Labute approximate surface area is 185 Å². The first-order chi connectivity index (χ1) is 15.5. The van der Waals surface area contributed by atoms with Crippen molar-refractivity contribution in [3.8, 4) is 11.1 Å². The predicted molar refractivity (Wildman–Crippen MR) is 120 cm³/mol. The van der Waals surface area contributed by atoms with Crippen LogP contribution in [0.15, 0.2) is 54.6 Å². The maximum atomic E-state index is 13.6. The van der Waals surface area contributed by atoms with Crippen LogP contribution in [-0.2, 0) is 14.3 Å². The summed E-state index contributed by atoms with van der Waals surface area (Å²) in [6, 6.07) is 14.1. The minimum absolute atomic E-state index is 0.183. The van der Waals surface area contributed by atoms with E-state index in [2.05, 4.69) is 4.74 Å². The van der Waals surface area contributed by atoms with Crippen molar-refractivity contribution in [2.24, 2.45) is 0 Å². The summed E-state index contributed by atoms with van der Waals surface area (Å²) in [4.78, 5) is 28.7. The number of carbonyl (C=O) groups is 2. The van der Waals surface area contributed by atoms with Crippen LogP contribution in [-0.4, -0.2) is 35.1 Å². The molecule has 1 N–H and O–H groups in total. The lowest BCUT2D eigenvalue weighted by atomic mass is 9.92. The number of rotatable bonds is 8. The van der Waals surface area contributed by atoms with E-state index in [9.17, 15) is 19.1 Å². The summed E-state index contributed by atoms with van der Waals surface area (Å²) in [6.45, 7) is 0. The van der Waals surface area contributed by atoms with Gasteiger partial charge in [0.05, 0.1) is 30.8 Å². The Kier molecular flexibility index (Phi) is 6.42. The average molecular weight is 433 g/mol. The van der Waals surface area contributed by atoms with Gasteiger partial charge in [-0.25, -0.2) is 4.39 Å². The highest BCUT2D eigenvalue weighted by Gasteiger charge is 2.29. The quantitative estimate of drug-likeness (QED) is 0.407. The summed E-state index contributed by atoms with van der Waals surface area (Å²) < 4.78 is 18.1. The predicted octanol–water partition coefficient (Wildman–Crippen LogP) is 4.81. The molecule has 0 saturated heterocycles. The monoisotopic (exact) mass is 433 g/mol. The van der Waals surface area contributed by atoms with Crippen LogP contribution in [0.5, 0.6) is 0 Å². The zero-order valence-electron chi connectivity index (χ0n) is 17.8. The third-order valence-corrected chi connectivity index (χ3v) is 5.56. The van der Waals surface area contributed by atoms with Crippen LogP contribution in [0.25, 0.3) is 28.1 Å². The Morgan fingerprint density at radius 3 is 2.56 bits per heavy atom. The summed E-state index contributed by atoms with van der Waals surface area (Å²) >= 11 is 0. The van der Waals surface area contributed by atoms with E-state index >= 15 is 0 Å². The SMILES string of the molecule is COC(=O)C[C@H](O)CC(=O)/C=C/c1c(C2CC2)nc2ccccc2c1-c1ccc(F)cc1. The van der Waals surface area contributed by atoms with Crippen LogP contribution in [0.3, 0.4) is 0 Å². The Morgan fingerprint density at radius 2 is 1.88 bits per heavy atom. The second-order valence-corrected chi connectivity index (χ2v) is 8.02. The molecule has 1 aliphatic carbocycles. The number of aliphatic hydroxyl groups is 1. The lowest BCUT2D eigenvalue weighted by Crippen LogP contribution is -2.17. The molecule has 0 amide bonds. The fourth-order valence-corrected chi connectivity index (χ4v) is 3.83. The van der Waals surface area contributed by atoms with E-state index in [-0.39, 0.29) is 24.4 Å². The van der Waals surface area contributed by atoms with E-state index in [1.807, 2.05) is 24.3 Å². The van der Waals surface area contributed by atoms with Gasteiger partial charge >= 0.3 is 5.97 Å². The van der Waals surface area contributed by atoms with Gasteiger partial charge < -0.3 is 9.84 Å². The summed E-state index contributed by atoms with van der Waals surface area (Å²) in [6.07, 6.45) is 3.69. The zero-order valence-corrected chi connectivity index (χ0v) is 17.8. The van der Waals surface area contributed by atoms with Crippen LogP contribution in [0.4, 0.5) is 4.39 Å². The Bertz CT molecular complexity index is 1180. The number of hydrogen-bond acceptors (Lipinski definition) is 5. The largest absolute Gasteiger partial charge is 0.469 e. The van der Waals surface area contributed by atoms with Gasteiger partial charge in [0, 0.05) is 28.9 Å². The van der Waals surface area contributed by atoms with Gasteiger partial charge in [-0.2, -0.15) is 0 Å². The molecule has 2 aromatic carbocycles. The standard InChI is InChI=1S/C26H24FNO4/c1-32-24(31)15-20(30)14-19(29)12-13-22-25(16-8-10-18(27)11-9-16)21-4-2-3-5-23(21)28-26(22)17-6-7-17/h2-5,8-13,17,20,30H,6-7,14-15H2,1H3/b13-12+/t20-/m1/s1. The van der Waals surface area contributed by atoms with Crippen molar-refractivity contribution < 1.29 is 23.8 Å². The number of esters is 1. The summed E-state index contributed by atoms with van der Waals surface area (Å²) in [5.41, 5.74) is 4.34. The van der Waals surface area contributed by atoms with Crippen molar-refractivity contribution in [1.82, 2.24) is 4.98 Å². The molecule has 164 valence electrons. The second kappa shape index (κ2) is 9.40. The molecule has 1 aliphatic rings. The maximum Gasteiger partial charge on any atom is 0.308 e. The van der Waals surface area contributed by atoms with E-state index < -0.39 is 12.1 Å². The van der Waals surface area contributed by atoms with Crippen LogP contribution >= 0.6 is 0 Å². The number of hydrogen-bond donors (Lipinski definition) is 1. The smallest absolute Gasteiger partial charge is 0.308 e. The van der Waals surface area contributed by atoms with Gasteiger partial charge in [-0.3, -0.25) is 14.6 Å². The highest BCUT2D eigenvalue weighted by molar-refractivity contribution is 6.02. The van der Waals surface area contributed by atoms with Crippen LogP contribution in [0.2, 0.25) is 0 Å². The molecule has 5 nitrogen and oxygen atoms in total. The summed E-state index contributed by atoms with van der Waals surface area (Å²) in [7, 11) is 1.24. The molecule has 0 unspecified atom stereocenters. The molecule has 1 aromatic heterocycles. The molecular weight excluding hydrogens is 409 g/mol. The van der Waals surface area contributed by atoms with Crippen molar-refractivity contribution in [3.63, 3.8) is 0 Å². The minimum atomic E-state index is -1.10. The first-order valence-electron chi connectivity index (χ1n) is 10.6. The highest BCUT2D eigenvalue weighted by Crippen LogP contribution is 2.45. The van der Waals surface area contributed by atoms with Crippen LogP contribution in [0.1, 0.15) is 42.9 Å². The number of nitrogens with zero attached hydrogens (tertiary/aromatic N) is 1. The third kappa shape index (κ3) is 4.92. The zero-order chi connectivity index (χ0) is 22.7. The molecule has 0 spiro atoms. The molecule has 1 saturated carbocycles. The summed E-state index contributed by atoms with van der Waals surface area (Å²) in [5, 5.41) is 10.9. The number of ketones is 1. The van der Waals surface area contributed by atoms with Crippen LogP contribution in [0, 0.1) is 5.82 Å². The van der Waals surface area contributed by atoms with E-state index in [4.69, 9.17) is 4.98 Å². The molecular formula is C26H24FNO4. The molecule has 1 fully saturated rings. The van der Waals surface area contributed by atoms with Crippen LogP contribution < -0.4 is 0 Å². The van der Waals surface area contributed by atoms with Crippen molar-refractivity contribution >= 4 is 28.7 Å². The van der Waals surface area contributed by atoms with Gasteiger partial charge in [0.2, 0.25) is 0 Å². The van der Waals surface area contributed by atoms with Crippen molar-refractivity contribution in [1.29, 1.82) is 0 Å². The van der Waals surface area contributed by atoms with E-state index in [1.54, 1.807) is 18.2 Å². The number of fused-ring (bicyclic) bond motifs is 1. The fraction of sp³-hybridized carbons (Fsp3) is 0.269. The lowest BCUT2D eigenvalue weighted by Gasteiger charge is -2.15. The molecule has 0 radical (unpaired) electrons. The molecule has 0 bridgehead atoms. The van der Waals surface area contributed by atoms with Crippen molar-refractivity contribution in [2.75, 3.05) is 7.11 Å². The number of aliphatic hydroxyl groups excluding tert-OH is 1. The third-order valence-electron chi connectivity index (χ3n) is 5.56.